The van der Waals surface area contributed by atoms with Crippen molar-refractivity contribution < 1.29 is 9.53 Å². The van der Waals surface area contributed by atoms with Gasteiger partial charge in [0.15, 0.2) is 0 Å². The Morgan fingerprint density at radius 1 is 1.32 bits per heavy atom. The van der Waals surface area contributed by atoms with E-state index in [0.717, 1.165) is 36.8 Å². The number of hydrogen-bond acceptors (Lipinski definition) is 3. The van der Waals surface area contributed by atoms with Gasteiger partial charge >= 0.3 is 0 Å². The molecule has 1 aliphatic rings. The van der Waals surface area contributed by atoms with E-state index in [0.29, 0.717) is 0 Å². The molecule has 19 heavy (non-hydrogen) atoms. The molecule has 0 spiro atoms. The van der Waals surface area contributed by atoms with Crippen LogP contribution in [0.4, 0.5) is 0 Å². The molecule has 2 rings (SSSR count). The van der Waals surface area contributed by atoms with Crippen LogP contribution in [-0.2, 0) is 20.7 Å². The lowest BCUT2D eigenvalue weighted by Crippen LogP contribution is -2.23. The fourth-order valence-corrected chi connectivity index (χ4v) is 2.81. The Bertz CT molecular complexity index is 495. The van der Waals surface area contributed by atoms with Crippen LogP contribution in [0, 0.1) is 0 Å². The standard InChI is InChI=1S/C16H21NO2/c1-15(2,19-3)13-7-6-8-14(11-13)16(17-12-18)9-4-5-10-16/h6-8,11H,4-5,9-10H2,1-3H3. The molecule has 1 aromatic rings. The molecule has 3 heteroatoms. The van der Waals surface area contributed by atoms with E-state index >= 15 is 0 Å². The number of aliphatic imine (C=N–C) groups is 1. The van der Waals surface area contributed by atoms with Crippen molar-refractivity contribution in [3.8, 4) is 0 Å². The van der Waals surface area contributed by atoms with Crippen LogP contribution in [0.5, 0.6) is 0 Å². The van der Waals surface area contributed by atoms with Crippen LogP contribution in [-0.4, -0.2) is 13.2 Å². The van der Waals surface area contributed by atoms with E-state index in [-0.39, 0.29) is 11.1 Å². The lowest BCUT2D eigenvalue weighted by molar-refractivity contribution is 0.0191. The van der Waals surface area contributed by atoms with Gasteiger partial charge in [-0.25, -0.2) is 4.79 Å². The molecule has 0 bridgehead atoms. The molecule has 102 valence electrons. The van der Waals surface area contributed by atoms with Crippen LogP contribution in [0.3, 0.4) is 0 Å². The van der Waals surface area contributed by atoms with Gasteiger partial charge in [-0.05, 0) is 37.8 Å². The average Bonchev–Trinajstić information content (AvgIpc) is 2.89. The van der Waals surface area contributed by atoms with Crippen LogP contribution in [0.2, 0.25) is 0 Å². The van der Waals surface area contributed by atoms with Crippen molar-refractivity contribution >= 4 is 6.08 Å². The Morgan fingerprint density at radius 3 is 2.58 bits per heavy atom. The minimum Gasteiger partial charge on any atom is -0.374 e. The number of methoxy groups -OCH3 is 1. The van der Waals surface area contributed by atoms with Crippen LogP contribution in [0.25, 0.3) is 0 Å². The molecular weight excluding hydrogens is 238 g/mol. The number of ether oxygens (including phenoxy) is 1. The second kappa shape index (κ2) is 5.28. The maximum Gasteiger partial charge on any atom is 0.235 e. The predicted octanol–water partition coefficient (Wildman–Crippen LogP) is 3.67. The molecule has 0 N–H and O–H groups in total. The Labute approximate surface area is 114 Å². The van der Waals surface area contributed by atoms with E-state index in [1.54, 1.807) is 13.2 Å². The number of benzene rings is 1. The molecule has 0 aliphatic heterocycles. The van der Waals surface area contributed by atoms with E-state index < -0.39 is 0 Å². The average molecular weight is 259 g/mol. The number of nitrogens with zero attached hydrogens (tertiary/aromatic N) is 1. The van der Waals surface area contributed by atoms with Gasteiger partial charge in [0.1, 0.15) is 0 Å². The first-order valence-corrected chi connectivity index (χ1v) is 6.79. The molecule has 0 aromatic heterocycles. The van der Waals surface area contributed by atoms with E-state index in [4.69, 9.17) is 4.74 Å². The summed E-state index contributed by atoms with van der Waals surface area (Å²) in [6, 6.07) is 8.25. The molecule has 1 fully saturated rings. The van der Waals surface area contributed by atoms with Crippen molar-refractivity contribution in [3.05, 3.63) is 35.4 Å². The minimum absolute atomic E-state index is 0.333. The summed E-state index contributed by atoms with van der Waals surface area (Å²) in [5.74, 6) is 0. The molecule has 0 amide bonds. The summed E-state index contributed by atoms with van der Waals surface area (Å²) in [6.45, 7) is 4.08. The van der Waals surface area contributed by atoms with Gasteiger partial charge in [0.25, 0.3) is 0 Å². The van der Waals surface area contributed by atoms with Crippen molar-refractivity contribution in [1.29, 1.82) is 0 Å². The molecular formula is C16H21NO2. The molecule has 0 atom stereocenters. The van der Waals surface area contributed by atoms with Crippen molar-refractivity contribution in [2.75, 3.05) is 7.11 Å². The molecule has 0 unspecified atom stereocenters. The molecule has 1 aliphatic carbocycles. The zero-order chi connectivity index (χ0) is 13.9. The van der Waals surface area contributed by atoms with Crippen LogP contribution in [0.1, 0.15) is 50.7 Å². The van der Waals surface area contributed by atoms with Crippen LogP contribution in [0.15, 0.2) is 29.3 Å². The van der Waals surface area contributed by atoms with Gasteiger partial charge in [0.2, 0.25) is 6.08 Å². The molecule has 0 saturated heterocycles. The summed E-state index contributed by atoms with van der Waals surface area (Å²) in [4.78, 5) is 14.9. The summed E-state index contributed by atoms with van der Waals surface area (Å²) in [6.07, 6.45) is 5.85. The van der Waals surface area contributed by atoms with Crippen molar-refractivity contribution in [3.63, 3.8) is 0 Å². The third kappa shape index (κ3) is 2.63. The third-order valence-electron chi connectivity index (χ3n) is 4.30. The molecule has 0 radical (unpaired) electrons. The SMILES string of the molecule is COC(C)(C)c1cccc(C2(N=C=O)CCCC2)c1. The largest absolute Gasteiger partial charge is 0.374 e. The smallest absolute Gasteiger partial charge is 0.235 e. The van der Waals surface area contributed by atoms with Gasteiger partial charge in [-0.15, -0.1) is 0 Å². The van der Waals surface area contributed by atoms with Crippen molar-refractivity contribution in [2.45, 2.75) is 50.7 Å². The monoisotopic (exact) mass is 259 g/mol. The summed E-state index contributed by atoms with van der Waals surface area (Å²) in [5, 5.41) is 0. The summed E-state index contributed by atoms with van der Waals surface area (Å²) in [7, 11) is 1.71. The Morgan fingerprint density at radius 2 is 2.00 bits per heavy atom. The van der Waals surface area contributed by atoms with Gasteiger partial charge in [-0.2, -0.15) is 4.99 Å². The van der Waals surface area contributed by atoms with E-state index in [2.05, 4.69) is 23.2 Å². The number of rotatable bonds is 4. The summed E-state index contributed by atoms with van der Waals surface area (Å²) < 4.78 is 5.53. The fourth-order valence-electron chi connectivity index (χ4n) is 2.81. The quantitative estimate of drug-likeness (QED) is 0.611. The molecule has 3 nitrogen and oxygen atoms in total. The van der Waals surface area contributed by atoms with Gasteiger partial charge < -0.3 is 4.74 Å². The van der Waals surface area contributed by atoms with Gasteiger partial charge in [0.05, 0.1) is 11.1 Å². The number of isocyanates is 1. The highest BCUT2D eigenvalue weighted by atomic mass is 16.5. The highest BCUT2D eigenvalue weighted by Gasteiger charge is 2.36. The first-order valence-electron chi connectivity index (χ1n) is 6.79. The number of hydrogen-bond donors (Lipinski definition) is 0. The highest BCUT2D eigenvalue weighted by Crippen LogP contribution is 2.43. The highest BCUT2D eigenvalue weighted by molar-refractivity contribution is 5.40. The van der Waals surface area contributed by atoms with E-state index in [1.807, 2.05) is 19.9 Å². The molecule has 0 heterocycles. The topological polar surface area (TPSA) is 38.7 Å². The zero-order valence-corrected chi connectivity index (χ0v) is 11.9. The van der Waals surface area contributed by atoms with E-state index in [1.165, 1.54) is 0 Å². The fraction of sp³-hybridized carbons (Fsp3) is 0.562. The Hall–Kier alpha value is -1.44. The van der Waals surface area contributed by atoms with Gasteiger partial charge in [-0.1, -0.05) is 37.1 Å². The zero-order valence-electron chi connectivity index (χ0n) is 11.9. The van der Waals surface area contributed by atoms with E-state index in [9.17, 15) is 4.79 Å². The summed E-state index contributed by atoms with van der Waals surface area (Å²) in [5.41, 5.74) is 1.53. The lowest BCUT2D eigenvalue weighted by atomic mass is 9.85. The Balaban J connectivity index is 2.45. The van der Waals surface area contributed by atoms with Crippen molar-refractivity contribution in [2.24, 2.45) is 4.99 Å². The first-order chi connectivity index (χ1) is 9.04. The minimum atomic E-state index is -0.360. The van der Waals surface area contributed by atoms with Gasteiger partial charge in [0, 0.05) is 7.11 Å². The third-order valence-corrected chi connectivity index (χ3v) is 4.30. The first kappa shape index (κ1) is 14.0. The van der Waals surface area contributed by atoms with Crippen LogP contribution >= 0.6 is 0 Å². The second-order valence-electron chi connectivity index (χ2n) is 5.74. The number of carbonyl (C=O) groups excluding carboxylic acids is 1. The Kier molecular flexibility index (Phi) is 3.88. The van der Waals surface area contributed by atoms with Crippen molar-refractivity contribution in [1.82, 2.24) is 0 Å². The lowest BCUT2D eigenvalue weighted by Gasteiger charge is -2.28. The molecule has 1 aromatic carbocycles. The maximum atomic E-state index is 10.8. The maximum absolute atomic E-state index is 10.8. The van der Waals surface area contributed by atoms with Gasteiger partial charge in [-0.3, -0.25) is 0 Å². The predicted molar refractivity (Wildman–Crippen MR) is 74.7 cm³/mol. The normalized spacial score (nSPS) is 18.1. The second-order valence-corrected chi connectivity index (χ2v) is 5.74. The molecule has 1 saturated carbocycles. The summed E-state index contributed by atoms with van der Waals surface area (Å²) >= 11 is 0. The van der Waals surface area contributed by atoms with Crippen LogP contribution < -0.4 is 0 Å².